The number of hydrogen-bond acceptors (Lipinski definition) is 6. The number of aromatic nitrogens is 2. The molecule has 3 rings (SSSR count). The van der Waals surface area contributed by atoms with E-state index in [2.05, 4.69) is 10.9 Å². The second kappa shape index (κ2) is 9.79. The number of anilines is 1. The molecule has 0 aliphatic rings. The number of carbonyl (C=O) groups excluding carboxylic acids is 1. The van der Waals surface area contributed by atoms with Gasteiger partial charge in [-0.1, -0.05) is 24.1 Å². The van der Waals surface area contributed by atoms with E-state index in [0.29, 0.717) is 22.4 Å². The van der Waals surface area contributed by atoms with Crippen molar-refractivity contribution >= 4 is 28.5 Å². The molecule has 0 amide bonds. The van der Waals surface area contributed by atoms with Crippen LogP contribution in [0.25, 0.3) is 10.9 Å². The highest BCUT2D eigenvalue weighted by atomic mass is 16.5. The summed E-state index contributed by atoms with van der Waals surface area (Å²) < 4.78 is 6.64. The third-order valence-corrected chi connectivity index (χ3v) is 5.28. The van der Waals surface area contributed by atoms with Gasteiger partial charge in [0.2, 0.25) is 0 Å². The van der Waals surface area contributed by atoms with E-state index in [-0.39, 0.29) is 30.9 Å². The molecule has 0 saturated heterocycles. The van der Waals surface area contributed by atoms with Gasteiger partial charge in [0, 0.05) is 6.54 Å². The number of carbonyl (C=O) groups is 2. The van der Waals surface area contributed by atoms with Gasteiger partial charge in [-0.3, -0.25) is 14.2 Å². The number of hydrogen-bond donors (Lipinski definition) is 1. The molecule has 1 aromatic heterocycles. The lowest BCUT2D eigenvalue weighted by Gasteiger charge is -2.24. The number of para-hydroxylation sites is 1. The molecule has 0 atom stereocenters. The van der Waals surface area contributed by atoms with Gasteiger partial charge in [-0.2, -0.15) is 0 Å². The number of esters is 1. The topological polar surface area (TPSA) is 102 Å². The van der Waals surface area contributed by atoms with E-state index >= 15 is 0 Å². The zero-order valence-corrected chi connectivity index (χ0v) is 19.7. The van der Waals surface area contributed by atoms with Crippen molar-refractivity contribution in [2.45, 2.75) is 41.0 Å². The number of ether oxygens (including phenoxy) is 1. The molecular formula is C26H27N3O5. The quantitative estimate of drug-likeness (QED) is 0.424. The highest BCUT2D eigenvalue weighted by molar-refractivity contribution is 5.94. The Morgan fingerprint density at radius 2 is 1.91 bits per heavy atom. The molecule has 0 aliphatic carbocycles. The van der Waals surface area contributed by atoms with E-state index in [4.69, 9.17) is 11.2 Å². The van der Waals surface area contributed by atoms with Gasteiger partial charge in [-0.15, -0.1) is 6.42 Å². The molecule has 0 saturated carbocycles. The van der Waals surface area contributed by atoms with Crippen molar-refractivity contribution in [3.05, 3.63) is 69.8 Å². The summed E-state index contributed by atoms with van der Waals surface area (Å²) in [4.78, 5) is 43.3. The van der Waals surface area contributed by atoms with Gasteiger partial charge >= 0.3 is 11.9 Å². The van der Waals surface area contributed by atoms with Gasteiger partial charge in [-0.25, -0.2) is 9.78 Å². The minimum Gasteiger partial charge on any atom is -0.478 e. The Bertz CT molecular complexity index is 1350. The lowest BCUT2D eigenvalue weighted by atomic mass is 9.98. The molecule has 0 unspecified atom stereocenters. The smallest absolute Gasteiger partial charge is 0.337 e. The number of rotatable bonds is 7. The molecule has 0 aliphatic heterocycles. The second-order valence-electron chi connectivity index (χ2n) is 8.94. The summed E-state index contributed by atoms with van der Waals surface area (Å²) in [5, 5.41) is 9.92. The van der Waals surface area contributed by atoms with E-state index in [9.17, 15) is 19.5 Å². The first-order chi connectivity index (χ1) is 16.0. The second-order valence-corrected chi connectivity index (χ2v) is 8.94. The minimum absolute atomic E-state index is 0.138. The average Bonchev–Trinajstić information content (AvgIpc) is 2.78. The fraction of sp³-hybridized carbons (Fsp3) is 0.308. The van der Waals surface area contributed by atoms with Crippen LogP contribution in [-0.4, -0.2) is 33.1 Å². The number of aromatic carboxylic acids is 1. The Labute approximate surface area is 197 Å². The van der Waals surface area contributed by atoms with Crippen LogP contribution in [0.4, 0.5) is 5.69 Å². The van der Waals surface area contributed by atoms with E-state index in [1.807, 2.05) is 6.07 Å². The fourth-order valence-corrected chi connectivity index (χ4v) is 3.46. The van der Waals surface area contributed by atoms with E-state index in [1.165, 1.54) is 10.6 Å². The molecule has 1 N–H and O–H groups in total. The minimum atomic E-state index is -1.05. The molecule has 34 heavy (non-hydrogen) atoms. The summed E-state index contributed by atoms with van der Waals surface area (Å²) in [6.45, 7) is 7.12. The maximum absolute atomic E-state index is 13.2. The summed E-state index contributed by atoms with van der Waals surface area (Å²) in [5.41, 5.74) is 0.866. The maximum Gasteiger partial charge on any atom is 0.337 e. The van der Waals surface area contributed by atoms with Crippen LogP contribution in [0, 0.1) is 24.7 Å². The summed E-state index contributed by atoms with van der Waals surface area (Å²) in [5.74, 6) is 1.52. The maximum atomic E-state index is 13.2. The number of terminal acetylenes is 1. The van der Waals surface area contributed by atoms with Gasteiger partial charge in [0.1, 0.15) is 5.82 Å². The van der Waals surface area contributed by atoms with Crippen molar-refractivity contribution < 1.29 is 19.4 Å². The number of carboxylic acid groups (broad SMARTS) is 1. The molecule has 1 heterocycles. The van der Waals surface area contributed by atoms with Gasteiger partial charge < -0.3 is 14.7 Å². The standard InChI is InChI=1S/C26H27N3O5/c1-6-13-28(22-10-8-7-9-19(22)24(31)32)15-18-11-12-21-20(14-18)23(30)29(17(2)27-21)16-34-25(33)26(3,4)5/h1,7-12,14H,13,15-16H2,2-5H3,(H,31,32). The Hall–Kier alpha value is -4.12. The van der Waals surface area contributed by atoms with Crippen molar-refractivity contribution in [1.82, 2.24) is 9.55 Å². The Balaban J connectivity index is 1.98. The third-order valence-electron chi connectivity index (χ3n) is 5.28. The molecule has 0 bridgehead atoms. The van der Waals surface area contributed by atoms with Crippen LogP contribution in [0.5, 0.6) is 0 Å². The van der Waals surface area contributed by atoms with E-state index < -0.39 is 17.4 Å². The third kappa shape index (κ3) is 5.26. The van der Waals surface area contributed by atoms with Crippen LogP contribution in [0.3, 0.4) is 0 Å². The van der Waals surface area contributed by atoms with E-state index in [1.54, 1.807) is 62.9 Å². The Morgan fingerprint density at radius 1 is 1.21 bits per heavy atom. The number of fused-ring (bicyclic) bond motifs is 1. The molecule has 8 heteroatoms. The highest BCUT2D eigenvalue weighted by Crippen LogP contribution is 2.23. The number of aryl methyl sites for hydroxylation is 1. The zero-order chi connectivity index (χ0) is 25.0. The highest BCUT2D eigenvalue weighted by Gasteiger charge is 2.23. The number of carboxylic acids is 1. The predicted molar refractivity (Wildman–Crippen MR) is 130 cm³/mol. The van der Waals surface area contributed by atoms with Crippen LogP contribution < -0.4 is 10.5 Å². The zero-order valence-electron chi connectivity index (χ0n) is 19.7. The monoisotopic (exact) mass is 461 g/mol. The fourth-order valence-electron chi connectivity index (χ4n) is 3.46. The SMILES string of the molecule is C#CCN(Cc1ccc2nc(C)n(COC(=O)C(C)(C)C)c(=O)c2c1)c1ccccc1C(=O)O. The summed E-state index contributed by atoms with van der Waals surface area (Å²) in [7, 11) is 0. The van der Waals surface area contributed by atoms with Crippen molar-refractivity contribution in [2.24, 2.45) is 5.41 Å². The molecule has 0 spiro atoms. The predicted octanol–water partition coefficient (Wildman–Crippen LogP) is 3.59. The number of nitrogens with zero attached hydrogens (tertiary/aromatic N) is 3. The van der Waals surface area contributed by atoms with Crippen LogP contribution in [0.1, 0.15) is 42.5 Å². The number of benzene rings is 2. The molecule has 176 valence electrons. The van der Waals surface area contributed by atoms with Crippen LogP contribution in [0.15, 0.2) is 47.3 Å². The largest absolute Gasteiger partial charge is 0.478 e. The summed E-state index contributed by atoms with van der Waals surface area (Å²) >= 11 is 0. The van der Waals surface area contributed by atoms with Crippen LogP contribution in [0.2, 0.25) is 0 Å². The molecule has 0 radical (unpaired) electrons. The summed E-state index contributed by atoms with van der Waals surface area (Å²) in [6, 6.07) is 11.9. The van der Waals surface area contributed by atoms with E-state index in [0.717, 1.165) is 5.56 Å². The first kappa shape index (κ1) is 24.5. The first-order valence-electron chi connectivity index (χ1n) is 10.7. The molecule has 3 aromatic rings. The Kier molecular flexibility index (Phi) is 7.06. The molecule has 8 nitrogen and oxygen atoms in total. The summed E-state index contributed by atoms with van der Waals surface area (Å²) in [6.07, 6.45) is 5.54. The Morgan fingerprint density at radius 3 is 2.56 bits per heavy atom. The van der Waals surface area contributed by atoms with Gasteiger partial charge in [0.05, 0.1) is 34.1 Å². The van der Waals surface area contributed by atoms with Crippen molar-refractivity contribution in [2.75, 3.05) is 11.4 Å². The molecule has 0 fully saturated rings. The van der Waals surface area contributed by atoms with Gasteiger partial charge in [0.25, 0.3) is 5.56 Å². The lowest BCUT2D eigenvalue weighted by molar-refractivity contribution is -0.157. The van der Waals surface area contributed by atoms with Crippen molar-refractivity contribution in [3.8, 4) is 12.3 Å². The lowest BCUT2D eigenvalue weighted by Crippen LogP contribution is -2.30. The molecular weight excluding hydrogens is 434 g/mol. The van der Waals surface area contributed by atoms with Gasteiger partial charge in [0.15, 0.2) is 6.73 Å². The van der Waals surface area contributed by atoms with Crippen molar-refractivity contribution in [1.29, 1.82) is 0 Å². The first-order valence-corrected chi connectivity index (χ1v) is 10.7. The van der Waals surface area contributed by atoms with Crippen molar-refractivity contribution in [3.63, 3.8) is 0 Å². The normalized spacial score (nSPS) is 11.1. The average molecular weight is 462 g/mol. The van der Waals surface area contributed by atoms with Crippen LogP contribution >= 0.6 is 0 Å². The van der Waals surface area contributed by atoms with Crippen LogP contribution in [-0.2, 0) is 22.8 Å². The molecule has 2 aromatic carbocycles. The van der Waals surface area contributed by atoms with Gasteiger partial charge in [-0.05, 0) is 57.5 Å².